The van der Waals surface area contributed by atoms with Gasteiger partial charge in [-0.15, -0.1) is 0 Å². The number of carbonyl (C=O) groups is 2. The molecule has 0 saturated carbocycles. The number of anilines is 1. The van der Waals surface area contributed by atoms with E-state index in [2.05, 4.69) is 4.98 Å². The number of piperidine rings is 1. The Bertz CT molecular complexity index is 1340. The van der Waals surface area contributed by atoms with Crippen LogP contribution in [0.4, 0.5) is 5.69 Å². The molecular weight excluding hydrogens is 534 g/mol. The summed E-state index contributed by atoms with van der Waals surface area (Å²) in [5, 5.41) is 9.38. The van der Waals surface area contributed by atoms with Gasteiger partial charge in [0.2, 0.25) is 5.91 Å². The standard InChI is InChI=1S/C30H36ClN3O6/c1-30(2,3)39-17-24-29(38-18-26(36)37)27(31)28(33-24)20-7-5-9-23(16-20)40-22-10-12-34(13-11-22)25(35)15-19-6-4-8-21(32)14-19/h4-9,14,16,22,33H,10-13,15,17-18,32H2,1-3H3,(H,36,37). The van der Waals surface area contributed by atoms with Crippen molar-refractivity contribution < 1.29 is 28.9 Å². The van der Waals surface area contributed by atoms with Crippen LogP contribution in [0.5, 0.6) is 11.5 Å². The van der Waals surface area contributed by atoms with E-state index in [1.54, 1.807) is 0 Å². The molecule has 10 heteroatoms. The first kappa shape index (κ1) is 29.3. The third-order valence-corrected chi connectivity index (χ3v) is 6.85. The summed E-state index contributed by atoms with van der Waals surface area (Å²) in [5.41, 5.74) is 8.89. The van der Waals surface area contributed by atoms with Gasteiger partial charge < -0.3 is 34.9 Å². The average molecular weight is 570 g/mol. The number of carboxylic acid groups (broad SMARTS) is 1. The number of nitrogen functional groups attached to an aromatic ring is 1. The summed E-state index contributed by atoms with van der Waals surface area (Å²) in [5.74, 6) is -0.0907. The molecule has 0 spiro atoms. The van der Waals surface area contributed by atoms with E-state index in [0.717, 1.165) is 24.0 Å². The van der Waals surface area contributed by atoms with Gasteiger partial charge in [-0.25, -0.2) is 4.79 Å². The number of rotatable bonds is 10. The van der Waals surface area contributed by atoms with Crippen LogP contribution in [-0.4, -0.2) is 58.3 Å². The number of nitrogens with zero attached hydrogens (tertiary/aromatic N) is 1. The van der Waals surface area contributed by atoms with Crippen molar-refractivity contribution in [2.24, 2.45) is 0 Å². The van der Waals surface area contributed by atoms with Gasteiger partial charge in [0, 0.05) is 37.2 Å². The second-order valence-electron chi connectivity index (χ2n) is 10.9. The number of aromatic nitrogens is 1. The predicted molar refractivity (Wildman–Crippen MR) is 154 cm³/mol. The van der Waals surface area contributed by atoms with Gasteiger partial charge in [-0.1, -0.05) is 35.9 Å². The van der Waals surface area contributed by atoms with Crippen LogP contribution in [0.3, 0.4) is 0 Å². The molecule has 214 valence electrons. The molecule has 2 heterocycles. The Morgan fingerprint density at radius 2 is 1.85 bits per heavy atom. The fourth-order valence-electron chi connectivity index (χ4n) is 4.51. The van der Waals surface area contributed by atoms with Gasteiger partial charge in [0.1, 0.15) is 16.9 Å². The molecule has 0 radical (unpaired) electrons. The van der Waals surface area contributed by atoms with Crippen molar-refractivity contribution in [3.63, 3.8) is 0 Å². The highest BCUT2D eigenvalue weighted by atomic mass is 35.5. The van der Waals surface area contributed by atoms with Crippen molar-refractivity contribution in [3.8, 4) is 22.8 Å². The number of halogens is 1. The average Bonchev–Trinajstić information content (AvgIpc) is 3.21. The van der Waals surface area contributed by atoms with E-state index in [9.17, 15) is 9.59 Å². The lowest BCUT2D eigenvalue weighted by Crippen LogP contribution is -2.42. The molecule has 4 rings (SSSR count). The quantitative estimate of drug-likeness (QED) is 0.282. The van der Waals surface area contributed by atoms with Gasteiger partial charge in [0.15, 0.2) is 12.4 Å². The molecule has 40 heavy (non-hydrogen) atoms. The van der Waals surface area contributed by atoms with E-state index in [-0.39, 0.29) is 29.4 Å². The maximum atomic E-state index is 12.8. The molecule has 1 aromatic heterocycles. The number of aromatic amines is 1. The van der Waals surface area contributed by atoms with Crippen LogP contribution in [0.2, 0.25) is 5.02 Å². The first-order valence-electron chi connectivity index (χ1n) is 13.3. The normalized spacial score (nSPS) is 14.2. The fourth-order valence-corrected chi connectivity index (χ4v) is 4.84. The Morgan fingerprint density at radius 3 is 2.52 bits per heavy atom. The summed E-state index contributed by atoms with van der Waals surface area (Å²) in [7, 11) is 0. The van der Waals surface area contributed by atoms with E-state index in [1.807, 2.05) is 74.2 Å². The highest BCUT2D eigenvalue weighted by Crippen LogP contribution is 2.40. The molecule has 9 nitrogen and oxygen atoms in total. The summed E-state index contributed by atoms with van der Waals surface area (Å²) in [6.45, 7) is 6.67. The number of amides is 1. The third kappa shape index (κ3) is 7.92. The van der Waals surface area contributed by atoms with Crippen LogP contribution < -0.4 is 15.2 Å². The molecule has 0 bridgehead atoms. The Morgan fingerprint density at radius 1 is 1.12 bits per heavy atom. The first-order chi connectivity index (χ1) is 19.0. The van der Waals surface area contributed by atoms with Crippen molar-refractivity contribution in [2.45, 2.75) is 58.3 Å². The molecule has 1 amide bonds. The van der Waals surface area contributed by atoms with Gasteiger partial charge >= 0.3 is 5.97 Å². The molecule has 0 atom stereocenters. The van der Waals surface area contributed by atoms with Crippen LogP contribution >= 0.6 is 11.6 Å². The maximum Gasteiger partial charge on any atom is 0.341 e. The fraction of sp³-hybridized carbons (Fsp3) is 0.400. The van der Waals surface area contributed by atoms with Crippen molar-refractivity contribution in [2.75, 3.05) is 25.4 Å². The van der Waals surface area contributed by atoms with Crippen LogP contribution in [0, 0.1) is 0 Å². The minimum atomic E-state index is -1.10. The molecule has 1 fully saturated rings. The van der Waals surface area contributed by atoms with Gasteiger partial charge in [0.05, 0.1) is 30.0 Å². The highest BCUT2D eigenvalue weighted by Gasteiger charge is 2.25. The molecule has 0 aliphatic carbocycles. The second kappa shape index (κ2) is 12.7. The highest BCUT2D eigenvalue weighted by molar-refractivity contribution is 6.34. The molecule has 1 aliphatic heterocycles. The van der Waals surface area contributed by atoms with E-state index in [4.69, 9.17) is 36.7 Å². The number of hydrogen-bond acceptors (Lipinski definition) is 6. The van der Waals surface area contributed by atoms with Crippen molar-refractivity contribution in [3.05, 3.63) is 64.8 Å². The van der Waals surface area contributed by atoms with Crippen LogP contribution in [0.15, 0.2) is 48.5 Å². The Hall–Kier alpha value is -3.69. The third-order valence-electron chi connectivity index (χ3n) is 6.48. The van der Waals surface area contributed by atoms with Gasteiger partial charge in [-0.2, -0.15) is 0 Å². The molecule has 2 aromatic carbocycles. The topological polar surface area (TPSA) is 127 Å². The summed E-state index contributed by atoms with van der Waals surface area (Å²) in [4.78, 5) is 29.0. The van der Waals surface area contributed by atoms with Crippen LogP contribution in [0.1, 0.15) is 44.9 Å². The smallest absolute Gasteiger partial charge is 0.341 e. The van der Waals surface area contributed by atoms with Crippen LogP contribution in [0.25, 0.3) is 11.3 Å². The largest absolute Gasteiger partial charge is 0.490 e. The Balaban J connectivity index is 1.41. The van der Waals surface area contributed by atoms with Crippen LogP contribution in [-0.2, 0) is 27.4 Å². The van der Waals surface area contributed by atoms with Gasteiger partial charge in [-0.3, -0.25) is 4.79 Å². The minimum Gasteiger partial charge on any atom is -0.490 e. The van der Waals surface area contributed by atoms with Gasteiger partial charge in [-0.05, 0) is 50.6 Å². The minimum absolute atomic E-state index is 0.0315. The first-order valence-corrected chi connectivity index (χ1v) is 13.6. The van der Waals surface area contributed by atoms with Crippen molar-refractivity contribution in [1.29, 1.82) is 0 Å². The van der Waals surface area contributed by atoms with Crippen molar-refractivity contribution >= 4 is 29.2 Å². The Kier molecular flexibility index (Phi) is 9.27. The molecule has 4 N–H and O–H groups in total. The zero-order chi connectivity index (χ0) is 28.9. The van der Waals surface area contributed by atoms with E-state index in [0.29, 0.717) is 42.3 Å². The number of ether oxygens (including phenoxy) is 3. The number of hydrogen-bond donors (Lipinski definition) is 3. The van der Waals surface area contributed by atoms with Crippen molar-refractivity contribution in [1.82, 2.24) is 9.88 Å². The summed E-state index contributed by atoms with van der Waals surface area (Å²) in [6.07, 6.45) is 1.74. The number of nitrogens with two attached hydrogens (primary N) is 1. The van der Waals surface area contributed by atoms with Gasteiger partial charge in [0.25, 0.3) is 0 Å². The number of benzene rings is 2. The molecule has 1 aliphatic rings. The molecular formula is C30H36ClN3O6. The van der Waals surface area contributed by atoms with E-state index < -0.39 is 18.2 Å². The SMILES string of the molecule is CC(C)(C)OCc1[nH]c(-c2cccc(OC3CCN(C(=O)Cc4cccc(N)c4)CC3)c2)c(Cl)c1OCC(=O)O. The zero-order valence-corrected chi connectivity index (χ0v) is 23.8. The second-order valence-corrected chi connectivity index (χ2v) is 11.2. The lowest BCUT2D eigenvalue weighted by atomic mass is 10.1. The number of likely N-dealkylation sites (tertiary alicyclic amines) is 1. The zero-order valence-electron chi connectivity index (χ0n) is 23.0. The number of aliphatic carboxylic acids is 1. The maximum absolute atomic E-state index is 12.8. The molecule has 1 saturated heterocycles. The lowest BCUT2D eigenvalue weighted by Gasteiger charge is -2.32. The van der Waals surface area contributed by atoms with E-state index in [1.165, 1.54) is 0 Å². The number of H-pyrrole nitrogens is 1. The number of nitrogens with one attached hydrogen (secondary N) is 1. The van der Waals surface area contributed by atoms with E-state index >= 15 is 0 Å². The summed E-state index contributed by atoms with van der Waals surface area (Å²) < 4.78 is 17.7. The Labute approximate surface area is 239 Å². The summed E-state index contributed by atoms with van der Waals surface area (Å²) in [6, 6.07) is 14.9. The predicted octanol–water partition coefficient (Wildman–Crippen LogP) is 5.31. The number of carboxylic acids is 1. The summed E-state index contributed by atoms with van der Waals surface area (Å²) >= 11 is 6.66. The molecule has 0 unspecified atom stereocenters. The lowest BCUT2D eigenvalue weighted by molar-refractivity contribution is -0.139. The molecule has 3 aromatic rings. The number of carbonyl (C=O) groups excluding carboxylic acids is 1. The monoisotopic (exact) mass is 569 g/mol.